The fourth-order valence-corrected chi connectivity index (χ4v) is 1.82. The quantitative estimate of drug-likeness (QED) is 0.839. The van der Waals surface area contributed by atoms with Crippen LogP contribution in [-0.4, -0.2) is 0 Å². The molecule has 2 rings (SSSR count). The predicted octanol–water partition coefficient (Wildman–Crippen LogP) is 4.24. The van der Waals surface area contributed by atoms with Crippen molar-refractivity contribution in [3.05, 3.63) is 63.9 Å². The van der Waals surface area contributed by atoms with E-state index in [2.05, 4.69) is 0 Å². The molecule has 0 atom stereocenters. The lowest BCUT2D eigenvalue weighted by molar-refractivity contribution is 0.303. The first-order chi connectivity index (χ1) is 9.11. The first-order valence-corrected chi connectivity index (χ1v) is 6.06. The minimum atomic E-state index is -0.467. The van der Waals surface area contributed by atoms with Crippen LogP contribution >= 0.6 is 11.6 Å². The second-order valence-corrected chi connectivity index (χ2v) is 4.47. The van der Waals surface area contributed by atoms with Crippen molar-refractivity contribution in [3.63, 3.8) is 0 Å². The van der Waals surface area contributed by atoms with Gasteiger partial charge in [0.25, 0.3) is 0 Å². The van der Waals surface area contributed by atoms with Crippen molar-refractivity contribution in [2.45, 2.75) is 13.5 Å². The Morgan fingerprint density at radius 1 is 1.32 bits per heavy atom. The van der Waals surface area contributed by atoms with Crippen molar-refractivity contribution in [3.8, 4) is 11.8 Å². The molecule has 0 bridgehead atoms. The van der Waals surface area contributed by atoms with Crippen LogP contribution in [0.3, 0.4) is 0 Å². The summed E-state index contributed by atoms with van der Waals surface area (Å²) in [5.41, 5.74) is 2.00. The van der Waals surface area contributed by atoms with Crippen molar-refractivity contribution >= 4 is 11.6 Å². The van der Waals surface area contributed by atoms with Crippen LogP contribution in [-0.2, 0) is 6.61 Å². The van der Waals surface area contributed by atoms with Gasteiger partial charge >= 0.3 is 0 Å². The van der Waals surface area contributed by atoms with Gasteiger partial charge in [-0.3, -0.25) is 0 Å². The Bertz CT molecular complexity index is 649. The Kier molecular flexibility index (Phi) is 4.03. The van der Waals surface area contributed by atoms with E-state index >= 15 is 0 Å². The molecule has 0 saturated carbocycles. The van der Waals surface area contributed by atoms with Gasteiger partial charge in [0.1, 0.15) is 18.2 Å². The largest absolute Gasteiger partial charge is 0.489 e. The van der Waals surface area contributed by atoms with Crippen molar-refractivity contribution < 1.29 is 9.13 Å². The van der Waals surface area contributed by atoms with Crippen LogP contribution in [0.15, 0.2) is 36.4 Å². The van der Waals surface area contributed by atoms with E-state index < -0.39 is 5.82 Å². The number of ether oxygens (including phenoxy) is 1. The highest BCUT2D eigenvalue weighted by atomic mass is 35.5. The molecule has 0 amide bonds. The van der Waals surface area contributed by atoms with Gasteiger partial charge in [0.05, 0.1) is 16.7 Å². The summed E-state index contributed by atoms with van der Waals surface area (Å²) in [6, 6.07) is 11.8. The Morgan fingerprint density at radius 2 is 2.11 bits per heavy atom. The first-order valence-electron chi connectivity index (χ1n) is 5.68. The lowest BCUT2D eigenvalue weighted by Gasteiger charge is -2.10. The molecule has 0 N–H and O–H groups in total. The molecule has 0 heterocycles. The highest BCUT2D eigenvalue weighted by molar-refractivity contribution is 6.31. The molecular formula is C15H11ClFNO. The third-order valence-electron chi connectivity index (χ3n) is 2.73. The SMILES string of the molecule is Cc1ccc(C#N)cc1OCc1cccc(F)c1Cl. The van der Waals surface area contributed by atoms with Crippen LogP contribution in [0.2, 0.25) is 5.02 Å². The lowest BCUT2D eigenvalue weighted by Crippen LogP contribution is -1.99. The number of nitriles is 1. The van der Waals surface area contributed by atoms with Crippen molar-refractivity contribution in [2.24, 2.45) is 0 Å². The van der Waals surface area contributed by atoms with Gasteiger partial charge in [-0.2, -0.15) is 5.26 Å². The van der Waals surface area contributed by atoms with E-state index in [1.54, 1.807) is 30.3 Å². The maximum Gasteiger partial charge on any atom is 0.142 e. The van der Waals surface area contributed by atoms with E-state index in [9.17, 15) is 4.39 Å². The molecule has 2 aromatic carbocycles. The summed E-state index contributed by atoms with van der Waals surface area (Å²) in [6.45, 7) is 2.04. The smallest absolute Gasteiger partial charge is 0.142 e. The van der Waals surface area contributed by atoms with Crippen molar-refractivity contribution in [2.75, 3.05) is 0 Å². The fourth-order valence-electron chi connectivity index (χ4n) is 1.64. The molecule has 0 radical (unpaired) electrons. The third kappa shape index (κ3) is 3.04. The van der Waals surface area contributed by atoms with Crippen LogP contribution < -0.4 is 4.74 Å². The van der Waals surface area contributed by atoms with E-state index in [1.165, 1.54) is 6.07 Å². The summed E-state index contributed by atoms with van der Waals surface area (Å²) in [4.78, 5) is 0. The van der Waals surface area contributed by atoms with Crippen LogP contribution in [0.4, 0.5) is 4.39 Å². The summed E-state index contributed by atoms with van der Waals surface area (Å²) in [5, 5.41) is 8.91. The zero-order chi connectivity index (χ0) is 13.8. The number of aryl methyl sites for hydroxylation is 1. The maximum absolute atomic E-state index is 13.3. The Hall–Kier alpha value is -2.05. The highest BCUT2D eigenvalue weighted by Crippen LogP contribution is 2.24. The molecule has 2 nitrogen and oxygen atoms in total. The first kappa shape index (κ1) is 13.4. The molecule has 0 aromatic heterocycles. The van der Waals surface area contributed by atoms with Crippen molar-refractivity contribution in [1.82, 2.24) is 0 Å². The Morgan fingerprint density at radius 3 is 2.84 bits per heavy atom. The number of hydrogen-bond donors (Lipinski definition) is 0. The summed E-state index contributed by atoms with van der Waals surface area (Å²) >= 11 is 5.85. The molecule has 0 fully saturated rings. The Labute approximate surface area is 116 Å². The summed E-state index contributed by atoms with van der Waals surface area (Å²) in [5.74, 6) is 0.129. The van der Waals surface area contributed by atoms with Crippen LogP contribution in [0, 0.1) is 24.1 Å². The Balaban J connectivity index is 2.19. The summed E-state index contributed by atoms with van der Waals surface area (Å²) in [6.07, 6.45) is 0. The number of halogens is 2. The highest BCUT2D eigenvalue weighted by Gasteiger charge is 2.07. The normalized spacial score (nSPS) is 10.0. The van der Waals surface area contributed by atoms with E-state index in [1.807, 2.05) is 13.0 Å². The average Bonchev–Trinajstić information content (AvgIpc) is 2.42. The second-order valence-electron chi connectivity index (χ2n) is 4.09. The summed E-state index contributed by atoms with van der Waals surface area (Å²) < 4.78 is 18.9. The van der Waals surface area contributed by atoms with Gasteiger partial charge in [-0.05, 0) is 30.7 Å². The number of nitrogens with zero attached hydrogens (tertiary/aromatic N) is 1. The van der Waals surface area contributed by atoms with Gasteiger partial charge in [-0.25, -0.2) is 4.39 Å². The molecule has 0 unspecified atom stereocenters. The number of hydrogen-bond acceptors (Lipinski definition) is 2. The molecule has 0 saturated heterocycles. The topological polar surface area (TPSA) is 33.0 Å². The molecule has 19 heavy (non-hydrogen) atoms. The van der Waals surface area contributed by atoms with Gasteiger partial charge < -0.3 is 4.74 Å². The molecule has 2 aromatic rings. The molecular weight excluding hydrogens is 265 g/mol. The number of benzene rings is 2. The molecule has 0 aliphatic carbocycles. The van der Waals surface area contributed by atoms with Gasteiger partial charge in [0, 0.05) is 5.56 Å². The van der Waals surface area contributed by atoms with E-state index in [0.717, 1.165) is 5.56 Å². The zero-order valence-corrected chi connectivity index (χ0v) is 11.0. The van der Waals surface area contributed by atoms with E-state index in [-0.39, 0.29) is 11.6 Å². The van der Waals surface area contributed by atoms with Crippen LogP contribution in [0.1, 0.15) is 16.7 Å². The fraction of sp³-hybridized carbons (Fsp3) is 0.133. The zero-order valence-electron chi connectivity index (χ0n) is 10.3. The summed E-state index contributed by atoms with van der Waals surface area (Å²) in [7, 11) is 0. The minimum Gasteiger partial charge on any atom is -0.489 e. The monoisotopic (exact) mass is 275 g/mol. The van der Waals surface area contributed by atoms with Gasteiger partial charge in [0.2, 0.25) is 0 Å². The predicted molar refractivity (Wildman–Crippen MR) is 71.6 cm³/mol. The molecule has 0 aliphatic rings. The molecule has 0 spiro atoms. The standard InChI is InChI=1S/C15H11ClFNO/c1-10-5-6-11(8-18)7-14(10)19-9-12-3-2-4-13(17)15(12)16/h2-7H,9H2,1H3. The minimum absolute atomic E-state index is 0.0663. The number of rotatable bonds is 3. The van der Waals surface area contributed by atoms with Crippen LogP contribution in [0.25, 0.3) is 0 Å². The van der Waals surface area contributed by atoms with Gasteiger partial charge in [-0.1, -0.05) is 29.8 Å². The van der Waals surface area contributed by atoms with Crippen molar-refractivity contribution in [1.29, 1.82) is 5.26 Å². The van der Waals surface area contributed by atoms with Gasteiger partial charge in [0.15, 0.2) is 0 Å². The van der Waals surface area contributed by atoms with E-state index in [4.69, 9.17) is 21.6 Å². The molecule has 0 aliphatic heterocycles. The van der Waals surface area contributed by atoms with Gasteiger partial charge in [-0.15, -0.1) is 0 Å². The average molecular weight is 276 g/mol. The second kappa shape index (κ2) is 5.73. The van der Waals surface area contributed by atoms with Crippen LogP contribution in [0.5, 0.6) is 5.75 Å². The van der Waals surface area contributed by atoms with E-state index in [0.29, 0.717) is 16.9 Å². The molecule has 96 valence electrons. The third-order valence-corrected chi connectivity index (χ3v) is 3.16. The lowest BCUT2D eigenvalue weighted by atomic mass is 10.1. The molecule has 4 heteroatoms. The maximum atomic E-state index is 13.3.